The molecule has 1 aromatic carbocycles. The summed E-state index contributed by atoms with van der Waals surface area (Å²) in [4.78, 5) is 27.6. The molecule has 0 amide bonds. The molecule has 0 aliphatic carbocycles. The number of hydrogen-bond acceptors (Lipinski definition) is 6. The molecular formula is C14H16N4O4. The van der Waals surface area contributed by atoms with Crippen molar-refractivity contribution in [3.63, 3.8) is 0 Å². The van der Waals surface area contributed by atoms with Gasteiger partial charge in [0.1, 0.15) is 0 Å². The van der Waals surface area contributed by atoms with Crippen molar-refractivity contribution in [2.75, 3.05) is 19.6 Å². The van der Waals surface area contributed by atoms with Gasteiger partial charge in [0, 0.05) is 31.9 Å². The van der Waals surface area contributed by atoms with Crippen molar-refractivity contribution in [2.45, 2.75) is 24.8 Å². The number of hydrogen-bond donors (Lipinski definition) is 0. The Morgan fingerprint density at radius 2 is 1.73 bits per heavy atom. The number of aliphatic imine (C=N–C) groups is 1. The third-order valence-corrected chi connectivity index (χ3v) is 4.58. The number of fused-ring (bicyclic) bond motifs is 3. The minimum Gasteiger partial charge on any atom is -0.303 e. The average molecular weight is 304 g/mol. The zero-order valence-corrected chi connectivity index (χ0v) is 12.0. The van der Waals surface area contributed by atoms with Gasteiger partial charge in [0.2, 0.25) is 0 Å². The van der Waals surface area contributed by atoms with Crippen LogP contribution in [-0.4, -0.2) is 46.1 Å². The smallest absolute Gasteiger partial charge is 0.284 e. The van der Waals surface area contributed by atoms with E-state index in [4.69, 9.17) is 0 Å². The van der Waals surface area contributed by atoms with E-state index in [0.29, 0.717) is 5.56 Å². The van der Waals surface area contributed by atoms with E-state index >= 15 is 0 Å². The number of rotatable bonds is 4. The lowest BCUT2D eigenvalue weighted by Gasteiger charge is -2.45. The van der Waals surface area contributed by atoms with Gasteiger partial charge < -0.3 is 4.90 Å². The second-order valence-electron chi connectivity index (χ2n) is 5.83. The lowest BCUT2D eigenvalue weighted by molar-refractivity contribution is -0.394. The summed E-state index contributed by atoms with van der Waals surface area (Å²) in [5.41, 5.74) is -0.363. The van der Waals surface area contributed by atoms with Crippen molar-refractivity contribution < 1.29 is 9.85 Å². The van der Waals surface area contributed by atoms with Crippen molar-refractivity contribution >= 4 is 17.6 Å². The summed E-state index contributed by atoms with van der Waals surface area (Å²) in [6.07, 6.45) is 4.40. The molecule has 0 unspecified atom stereocenters. The summed E-state index contributed by atoms with van der Waals surface area (Å²) < 4.78 is 0. The average Bonchev–Trinajstić information content (AvgIpc) is 2.54. The number of benzene rings is 1. The van der Waals surface area contributed by atoms with Crippen LogP contribution in [0.1, 0.15) is 24.8 Å². The fourth-order valence-corrected chi connectivity index (χ4v) is 3.12. The zero-order chi connectivity index (χ0) is 15.7. The minimum absolute atomic E-state index is 0.121. The van der Waals surface area contributed by atoms with E-state index < -0.39 is 9.85 Å². The molecule has 0 radical (unpaired) electrons. The second-order valence-corrected chi connectivity index (χ2v) is 5.83. The van der Waals surface area contributed by atoms with Gasteiger partial charge in [-0.1, -0.05) is 0 Å². The van der Waals surface area contributed by atoms with Crippen LogP contribution in [0.15, 0.2) is 23.2 Å². The van der Waals surface area contributed by atoms with Crippen LogP contribution in [0, 0.1) is 20.2 Å². The molecule has 8 heteroatoms. The highest BCUT2D eigenvalue weighted by molar-refractivity contribution is 5.86. The highest BCUT2D eigenvalue weighted by Gasteiger charge is 2.38. The van der Waals surface area contributed by atoms with Crippen LogP contribution in [-0.2, 0) is 0 Å². The van der Waals surface area contributed by atoms with E-state index in [-0.39, 0.29) is 16.9 Å². The summed E-state index contributed by atoms with van der Waals surface area (Å²) in [6, 6.07) is 3.66. The molecule has 3 heterocycles. The van der Waals surface area contributed by atoms with Gasteiger partial charge in [-0.25, -0.2) is 0 Å². The van der Waals surface area contributed by atoms with Crippen LogP contribution in [0.25, 0.3) is 0 Å². The lowest BCUT2D eigenvalue weighted by Crippen LogP contribution is -2.51. The Kier molecular flexibility index (Phi) is 3.61. The topological polar surface area (TPSA) is 102 Å². The van der Waals surface area contributed by atoms with Crippen LogP contribution in [0.2, 0.25) is 0 Å². The summed E-state index contributed by atoms with van der Waals surface area (Å²) in [5.74, 6) is 0. The maximum Gasteiger partial charge on any atom is 0.284 e. The van der Waals surface area contributed by atoms with E-state index in [1.165, 1.54) is 18.3 Å². The van der Waals surface area contributed by atoms with Gasteiger partial charge in [-0.05, 0) is 25.3 Å². The Balaban J connectivity index is 1.89. The molecule has 0 atom stereocenters. The van der Waals surface area contributed by atoms with Gasteiger partial charge in [0.05, 0.1) is 27.0 Å². The first kappa shape index (κ1) is 14.6. The Morgan fingerprint density at radius 3 is 2.27 bits per heavy atom. The van der Waals surface area contributed by atoms with Crippen molar-refractivity contribution in [2.24, 2.45) is 4.99 Å². The molecule has 8 nitrogen and oxygen atoms in total. The van der Waals surface area contributed by atoms with Crippen LogP contribution >= 0.6 is 0 Å². The minimum atomic E-state index is -0.635. The second kappa shape index (κ2) is 5.45. The predicted octanol–water partition coefficient (Wildman–Crippen LogP) is 2.16. The van der Waals surface area contributed by atoms with Crippen molar-refractivity contribution in [1.82, 2.24) is 4.90 Å². The Morgan fingerprint density at radius 1 is 1.09 bits per heavy atom. The third kappa shape index (κ3) is 2.69. The van der Waals surface area contributed by atoms with E-state index in [9.17, 15) is 20.2 Å². The van der Waals surface area contributed by atoms with E-state index in [2.05, 4.69) is 9.89 Å². The van der Waals surface area contributed by atoms with Crippen LogP contribution in [0.3, 0.4) is 0 Å². The maximum atomic E-state index is 11.1. The molecule has 116 valence electrons. The molecule has 0 saturated carbocycles. The van der Waals surface area contributed by atoms with Crippen molar-refractivity contribution in [1.29, 1.82) is 0 Å². The molecular weight excluding hydrogens is 288 g/mol. The van der Waals surface area contributed by atoms with Crippen molar-refractivity contribution in [3.05, 3.63) is 44.0 Å². The number of nitrogens with zero attached hydrogens (tertiary/aromatic N) is 4. The van der Waals surface area contributed by atoms with Crippen LogP contribution in [0.4, 0.5) is 11.4 Å². The zero-order valence-electron chi connectivity index (χ0n) is 12.0. The van der Waals surface area contributed by atoms with Gasteiger partial charge in [-0.2, -0.15) is 0 Å². The standard InChI is InChI=1S/C14H16N4O4/c19-17(20)12-2-1-11(13(9-12)18(21)22)10-15-14-3-6-16(7-4-14)8-5-14/h1-2,9-10H,3-8H2. The molecule has 4 rings (SSSR count). The normalized spacial score (nSPS) is 27.2. The predicted molar refractivity (Wildman–Crippen MR) is 80.4 cm³/mol. The fraction of sp³-hybridized carbons (Fsp3) is 0.500. The molecule has 22 heavy (non-hydrogen) atoms. The monoisotopic (exact) mass is 304 g/mol. The number of nitro benzene ring substituents is 2. The molecule has 3 aliphatic heterocycles. The first-order chi connectivity index (χ1) is 10.5. The molecule has 0 aromatic heterocycles. The molecule has 0 N–H and O–H groups in total. The van der Waals surface area contributed by atoms with Gasteiger partial charge in [-0.15, -0.1) is 0 Å². The third-order valence-electron chi connectivity index (χ3n) is 4.58. The molecule has 3 saturated heterocycles. The Labute approximate surface area is 126 Å². The summed E-state index contributed by atoms with van der Waals surface area (Å²) >= 11 is 0. The Hall–Kier alpha value is -2.35. The first-order valence-electron chi connectivity index (χ1n) is 7.20. The summed E-state index contributed by atoms with van der Waals surface area (Å²) in [7, 11) is 0. The van der Waals surface area contributed by atoms with E-state index in [1.54, 1.807) is 0 Å². The number of piperidine rings is 3. The van der Waals surface area contributed by atoms with Gasteiger partial charge in [0.25, 0.3) is 11.4 Å². The highest BCUT2D eigenvalue weighted by atomic mass is 16.6. The largest absolute Gasteiger partial charge is 0.303 e. The van der Waals surface area contributed by atoms with Gasteiger partial charge in [0.15, 0.2) is 0 Å². The SMILES string of the molecule is O=[N+]([O-])c1ccc(C=NC23CCN(CC2)CC3)c([N+](=O)[O-])c1. The molecule has 3 aliphatic rings. The van der Waals surface area contributed by atoms with E-state index in [0.717, 1.165) is 45.0 Å². The first-order valence-corrected chi connectivity index (χ1v) is 7.20. The summed E-state index contributed by atoms with van der Waals surface area (Å²) in [5, 5.41) is 21.9. The Bertz CT molecular complexity index is 636. The quantitative estimate of drug-likeness (QED) is 0.482. The van der Waals surface area contributed by atoms with Gasteiger partial charge in [-0.3, -0.25) is 25.2 Å². The van der Waals surface area contributed by atoms with E-state index in [1.807, 2.05) is 0 Å². The molecule has 2 bridgehead atoms. The molecule has 0 spiro atoms. The number of nitro groups is 2. The van der Waals surface area contributed by atoms with Crippen LogP contribution in [0.5, 0.6) is 0 Å². The van der Waals surface area contributed by atoms with Crippen molar-refractivity contribution in [3.8, 4) is 0 Å². The highest BCUT2D eigenvalue weighted by Crippen LogP contribution is 2.35. The fourth-order valence-electron chi connectivity index (χ4n) is 3.12. The molecule has 3 fully saturated rings. The summed E-state index contributed by atoms with van der Waals surface area (Å²) in [6.45, 7) is 3.04. The number of non-ortho nitro benzene ring substituents is 1. The molecule has 1 aromatic rings. The van der Waals surface area contributed by atoms with Crippen LogP contribution < -0.4 is 0 Å². The van der Waals surface area contributed by atoms with Gasteiger partial charge >= 0.3 is 0 Å². The maximum absolute atomic E-state index is 11.1. The lowest BCUT2D eigenvalue weighted by atomic mass is 9.80.